The van der Waals surface area contributed by atoms with Gasteiger partial charge in [-0.1, -0.05) is 6.07 Å². The first-order valence-corrected chi connectivity index (χ1v) is 13.8. The minimum Gasteiger partial charge on any atom is -0.497 e. The van der Waals surface area contributed by atoms with Crippen LogP contribution < -0.4 is 10.2 Å². The summed E-state index contributed by atoms with van der Waals surface area (Å²) in [6.45, 7) is 3.40. The Morgan fingerprint density at radius 1 is 1.26 bits per heavy atom. The maximum absolute atomic E-state index is 10.1. The van der Waals surface area contributed by atoms with Gasteiger partial charge in [-0.05, 0) is 78.9 Å². The van der Waals surface area contributed by atoms with Crippen LogP contribution in [0.4, 0.5) is 0 Å². The van der Waals surface area contributed by atoms with Crippen molar-refractivity contribution in [1.29, 1.82) is 0 Å². The maximum atomic E-state index is 10.1. The lowest BCUT2D eigenvalue weighted by Crippen LogP contribution is -2.43. The zero-order valence-corrected chi connectivity index (χ0v) is 21.6. The first-order valence-electron chi connectivity index (χ1n) is 11.9. The largest absolute Gasteiger partial charge is 0.497 e. The molecule has 34 heavy (non-hydrogen) atoms. The quantitative estimate of drug-likeness (QED) is 0.267. The van der Waals surface area contributed by atoms with Crippen LogP contribution in [-0.2, 0) is 4.84 Å². The van der Waals surface area contributed by atoms with E-state index in [0.717, 1.165) is 66.9 Å². The van der Waals surface area contributed by atoms with Crippen molar-refractivity contribution in [2.45, 2.75) is 29.5 Å². The van der Waals surface area contributed by atoms with E-state index in [1.165, 1.54) is 4.21 Å². The van der Waals surface area contributed by atoms with Crippen LogP contribution in [0.25, 0.3) is 10.9 Å². The number of aliphatic hydroxyl groups is 1. The second kappa shape index (κ2) is 12.9. The van der Waals surface area contributed by atoms with Crippen LogP contribution in [0.2, 0.25) is 0 Å². The summed E-state index contributed by atoms with van der Waals surface area (Å²) in [6, 6.07) is 12.4. The number of aliphatic hydroxyl groups excluding tert-OH is 1. The molecule has 184 valence electrons. The van der Waals surface area contributed by atoms with Crippen molar-refractivity contribution in [1.82, 2.24) is 15.4 Å². The monoisotopic (exact) mass is 501 g/mol. The first-order chi connectivity index (χ1) is 16.7. The van der Waals surface area contributed by atoms with E-state index in [1.807, 2.05) is 36.2 Å². The van der Waals surface area contributed by atoms with E-state index in [-0.39, 0.29) is 12.6 Å². The highest BCUT2D eigenvalue weighted by Crippen LogP contribution is 2.34. The third-order valence-electron chi connectivity index (χ3n) is 6.80. The van der Waals surface area contributed by atoms with Gasteiger partial charge in [0.2, 0.25) is 0 Å². The number of fused-ring (bicyclic) bond motifs is 1. The SMILES string of the molecule is CONC(CC[C@@H]1CCN(CCSc2cccs2)C[C@@H]1CO)c1ccnc2ccc(OC)cc12. The molecule has 2 N–H and O–H groups in total. The van der Waals surface area contributed by atoms with Gasteiger partial charge < -0.3 is 19.6 Å². The fraction of sp³-hybridized carbons (Fsp3) is 0.500. The number of thioether (sulfide) groups is 1. The number of hydroxylamine groups is 1. The van der Waals surface area contributed by atoms with Gasteiger partial charge in [0.05, 0.1) is 30.0 Å². The molecule has 3 atom stereocenters. The van der Waals surface area contributed by atoms with Crippen molar-refractivity contribution in [3.05, 3.63) is 53.5 Å². The van der Waals surface area contributed by atoms with E-state index in [0.29, 0.717) is 11.8 Å². The van der Waals surface area contributed by atoms with Crippen LogP contribution in [0, 0.1) is 11.8 Å². The van der Waals surface area contributed by atoms with Crippen LogP contribution in [0.3, 0.4) is 0 Å². The number of thiophene rings is 1. The van der Waals surface area contributed by atoms with Crippen molar-refractivity contribution in [2.24, 2.45) is 11.8 Å². The summed E-state index contributed by atoms with van der Waals surface area (Å²) in [5.74, 6) is 2.75. The molecular weight excluding hydrogens is 466 g/mol. The molecule has 1 aromatic carbocycles. The molecule has 6 nitrogen and oxygen atoms in total. The van der Waals surface area contributed by atoms with Crippen LogP contribution in [0.15, 0.2) is 52.2 Å². The van der Waals surface area contributed by atoms with Gasteiger partial charge >= 0.3 is 0 Å². The van der Waals surface area contributed by atoms with E-state index in [9.17, 15) is 5.11 Å². The predicted molar refractivity (Wildman–Crippen MR) is 141 cm³/mol. The molecule has 1 fully saturated rings. The Morgan fingerprint density at radius 3 is 2.94 bits per heavy atom. The maximum Gasteiger partial charge on any atom is 0.119 e. The minimum atomic E-state index is 0.0437. The summed E-state index contributed by atoms with van der Waals surface area (Å²) in [7, 11) is 3.35. The van der Waals surface area contributed by atoms with Crippen LogP contribution in [-0.4, -0.2) is 61.2 Å². The van der Waals surface area contributed by atoms with Crippen molar-refractivity contribution in [3.8, 4) is 5.75 Å². The predicted octanol–water partition coefficient (Wildman–Crippen LogP) is 5.00. The minimum absolute atomic E-state index is 0.0437. The summed E-state index contributed by atoms with van der Waals surface area (Å²) >= 11 is 3.74. The highest BCUT2D eigenvalue weighted by atomic mass is 32.2. The molecule has 0 bridgehead atoms. The van der Waals surface area contributed by atoms with Gasteiger partial charge in [0.15, 0.2) is 0 Å². The molecule has 0 saturated carbocycles. The number of ether oxygens (including phenoxy) is 1. The van der Waals surface area contributed by atoms with E-state index < -0.39 is 0 Å². The van der Waals surface area contributed by atoms with E-state index in [2.05, 4.69) is 38.9 Å². The normalized spacial score (nSPS) is 20.0. The number of hydrogen-bond acceptors (Lipinski definition) is 8. The van der Waals surface area contributed by atoms with Crippen molar-refractivity contribution < 1.29 is 14.7 Å². The van der Waals surface area contributed by atoms with Crippen molar-refractivity contribution in [2.75, 3.05) is 46.2 Å². The molecule has 1 unspecified atom stereocenters. The topological polar surface area (TPSA) is 66.9 Å². The van der Waals surface area contributed by atoms with E-state index >= 15 is 0 Å². The Kier molecular flexibility index (Phi) is 9.61. The van der Waals surface area contributed by atoms with E-state index in [1.54, 1.807) is 25.6 Å². The summed E-state index contributed by atoms with van der Waals surface area (Å²) in [6.07, 6.45) is 4.95. The number of aromatic nitrogens is 1. The number of benzene rings is 1. The molecule has 3 aromatic rings. The molecule has 0 spiro atoms. The number of pyridine rings is 1. The summed E-state index contributed by atoms with van der Waals surface area (Å²) < 4.78 is 6.83. The molecule has 8 heteroatoms. The lowest BCUT2D eigenvalue weighted by Gasteiger charge is -2.38. The average molecular weight is 502 g/mol. The zero-order chi connectivity index (χ0) is 23.8. The van der Waals surface area contributed by atoms with Gasteiger partial charge in [0.1, 0.15) is 5.75 Å². The third kappa shape index (κ3) is 6.50. The molecular formula is C26H35N3O3S2. The summed E-state index contributed by atoms with van der Waals surface area (Å²) in [5.41, 5.74) is 5.32. The lowest BCUT2D eigenvalue weighted by atomic mass is 9.81. The van der Waals surface area contributed by atoms with Crippen molar-refractivity contribution in [3.63, 3.8) is 0 Å². The van der Waals surface area contributed by atoms with Gasteiger partial charge in [-0.25, -0.2) is 0 Å². The second-order valence-corrected chi connectivity index (χ2v) is 11.2. The molecule has 0 aliphatic carbocycles. The first kappa shape index (κ1) is 25.4. The molecule has 0 radical (unpaired) electrons. The number of nitrogens with one attached hydrogen (secondary N) is 1. The Hall–Kier alpha value is -1.68. The number of hydrogen-bond donors (Lipinski definition) is 2. The second-order valence-electron chi connectivity index (χ2n) is 8.81. The van der Waals surface area contributed by atoms with Crippen molar-refractivity contribution >= 4 is 34.0 Å². The number of nitrogens with zero attached hydrogens (tertiary/aromatic N) is 2. The Bertz CT molecular complexity index is 1020. The zero-order valence-electron chi connectivity index (χ0n) is 20.0. The molecule has 1 saturated heterocycles. The van der Waals surface area contributed by atoms with Gasteiger partial charge in [0.25, 0.3) is 0 Å². The Labute approximate surface area is 210 Å². The molecule has 4 rings (SSSR count). The molecule has 2 aromatic heterocycles. The van der Waals surface area contributed by atoms with Gasteiger partial charge in [0, 0.05) is 37.0 Å². The van der Waals surface area contributed by atoms with Crippen LogP contribution in [0.1, 0.15) is 30.9 Å². The molecule has 1 aliphatic heterocycles. The molecule has 3 heterocycles. The standard InChI is InChI=1S/C26H35N3O3S2/c1-31-21-6-8-24-23(16-21)22(9-11-27-24)25(28-32-2)7-5-19-10-12-29(17-20(19)18-30)13-15-34-26-4-3-14-33-26/h3-4,6,8-9,11,14,16,19-20,25,28,30H,5,7,10,12-13,15,17-18H2,1-2H3/t19-,20-,25?/m1/s1. The highest BCUT2D eigenvalue weighted by Gasteiger charge is 2.29. The van der Waals surface area contributed by atoms with E-state index in [4.69, 9.17) is 9.57 Å². The van der Waals surface area contributed by atoms with Crippen LogP contribution >= 0.6 is 23.1 Å². The smallest absolute Gasteiger partial charge is 0.119 e. The number of piperidine rings is 1. The average Bonchev–Trinajstić information content (AvgIpc) is 3.40. The number of methoxy groups -OCH3 is 1. The summed E-state index contributed by atoms with van der Waals surface area (Å²) in [4.78, 5) is 12.4. The Balaban J connectivity index is 1.36. The van der Waals surface area contributed by atoms with Crippen LogP contribution in [0.5, 0.6) is 5.75 Å². The summed E-state index contributed by atoms with van der Waals surface area (Å²) in [5, 5.41) is 13.4. The molecule has 1 aliphatic rings. The molecule has 0 amide bonds. The van der Waals surface area contributed by atoms with Gasteiger partial charge in [-0.2, -0.15) is 5.48 Å². The fourth-order valence-corrected chi connectivity index (χ4v) is 6.81. The Morgan fingerprint density at radius 2 is 2.18 bits per heavy atom. The lowest BCUT2D eigenvalue weighted by molar-refractivity contribution is 0.0434. The van der Waals surface area contributed by atoms with Gasteiger partial charge in [-0.3, -0.25) is 4.98 Å². The van der Waals surface area contributed by atoms with Gasteiger partial charge in [-0.15, -0.1) is 23.1 Å². The highest BCUT2D eigenvalue weighted by molar-refractivity contribution is 8.01. The number of likely N-dealkylation sites (tertiary alicyclic amines) is 1. The third-order valence-corrected chi connectivity index (χ3v) is 8.91. The fourth-order valence-electron chi connectivity index (χ4n) is 4.95. The number of rotatable bonds is 12.